The normalized spacial score (nSPS) is 15.7. The minimum Gasteiger partial charge on any atom is -0.493 e. The SMILES string of the molecule is CCn1c(SCC(=O)NC2CCCCC2)nnc1C(C)Oc1ccccc1OC. The van der Waals surface area contributed by atoms with Crippen LogP contribution in [-0.2, 0) is 11.3 Å². The summed E-state index contributed by atoms with van der Waals surface area (Å²) in [5, 5.41) is 12.5. The molecule has 3 rings (SSSR count). The number of hydrogen-bond acceptors (Lipinski definition) is 6. The van der Waals surface area contributed by atoms with Crippen LogP contribution in [0.1, 0.15) is 57.9 Å². The molecule has 0 radical (unpaired) electrons. The fraction of sp³-hybridized carbons (Fsp3) is 0.571. The van der Waals surface area contributed by atoms with Crippen LogP contribution in [0.25, 0.3) is 0 Å². The predicted molar refractivity (Wildman–Crippen MR) is 113 cm³/mol. The number of amides is 1. The number of ether oxygens (including phenoxy) is 2. The summed E-state index contributed by atoms with van der Waals surface area (Å²) in [6.07, 6.45) is 5.56. The first-order valence-electron chi connectivity index (χ1n) is 10.3. The molecule has 0 bridgehead atoms. The lowest BCUT2D eigenvalue weighted by atomic mass is 9.95. The summed E-state index contributed by atoms with van der Waals surface area (Å²) in [6.45, 7) is 4.68. The maximum Gasteiger partial charge on any atom is 0.230 e. The van der Waals surface area contributed by atoms with E-state index in [0.29, 0.717) is 29.8 Å². The molecule has 1 amide bonds. The molecule has 1 aliphatic rings. The molecule has 2 aromatic rings. The highest BCUT2D eigenvalue weighted by Gasteiger charge is 2.21. The van der Waals surface area contributed by atoms with E-state index in [1.165, 1.54) is 31.0 Å². The van der Waals surface area contributed by atoms with Crippen molar-refractivity contribution >= 4 is 17.7 Å². The van der Waals surface area contributed by atoms with E-state index in [-0.39, 0.29) is 12.0 Å². The van der Waals surface area contributed by atoms with E-state index in [0.717, 1.165) is 23.8 Å². The number of hydrogen-bond donors (Lipinski definition) is 1. The fourth-order valence-corrected chi connectivity index (χ4v) is 4.43. The zero-order chi connectivity index (χ0) is 20.6. The molecule has 8 heteroatoms. The van der Waals surface area contributed by atoms with Crippen LogP contribution in [0.2, 0.25) is 0 Å². The van der Waals surface area contributed by atoms with Gasteiger partial charge >= 0.3 is 0 Å². The third kappa shape index (κ3) is 5.65. The molecule has 158 valence electrons. The van der Waals surface area contributed by atoms with E-state index < -0.39 is 0 Å². The highest BCUT2D eigenvalue weighted by molar-refractivity contribution is 7.99. The van der Waals surface area contributed by atoms with Gasteiger partial charge in [0.05, 0.1) is 12.9 Å². The minimum atomic E-state index is -0.302. The van der Waals surface area contributed by atoms with Crippen LogP contribution in [0.15, 0.2) is 29.4 Å². The second-order valence-electron chi connectivity index (χ2n) is 7.19. The minimum absolute atomic E-state index is 0.0624. The van der Waals surface area contributed by atoms with Gasteiger partial charge in [0.25, 0.3) is 0 Å². The number of aromatic nitrogens is 3. The Morgan fingerprint density at radius 2 is 1.97 bits per heavy atom. The lowest BCUT2D eigenvalue weighted by molar-refractivity contribution is -0.119. The van der Waals surface area contributed by atoms with Crippen molar-refractivity contribution < 1.29 is 14.3 Å². The molecule has 1 unspecified atom stereocenters. The molecule has 1 N–H and O–H groups in total. The molecule has 0 spiro atoms. The Morgan fingerprint density at radius 3 is 2.66 bits per heavy atom. The molecular weight excluding hydrogens is 388 g/mol. The van der Waals surface area contributed by atoms with Crippen LogP contribution in [-0.4, -0.2) is 39.6 Å². The van der Waals surface area contributed by atoms with Crippen LogP contribution >= 0.6 is 11.8 Å². The highest BCUT2D eigenvalue weighted by Crippen LogP contribution is 2.31. The molecule has 0 aliphatic heterocycles. The molecule has 1 atom stereocenters. The second-order valence-corrected chi connectivity index (χ2v) is 8.13. The molecule has 0 saturated heterocycles. The summed E-state index contributed by atoms with van der Waals surface area (Å²) in [4.78, 5) is 12.3. The van der Waals surface area contributed by atoms with Crippen molar-refractivity contribution in [2.45, 2.75) is 69.8 Å². The maximum atomic E-state index is 12.3. The molecule has 1 aromatic heterocycles. The number of carbonyl (C=O) groups excluding carboxylic acids is 1. The molecule has 7 nitrogen and oxygen atoms in total. The van der Waals surface area contributed by atoms with Crippen molar-refractivity contribution in [1.82, 2.24) is 20.1 Å². The molecule has 1 aliphatic carbocycles. The van der Waals surface area contributed by atoms with Crippen molar-refractivity contribution in [2.75, 3.05) is 12.9 Å². The average molecular weight is 419 g/mol. The van der Waals surface area contributed by atoms with Gasteiger partial charge in [0.15, 0.2) is 28.6 Å². The Bertz CT molecular complexity index is 805. The van der Waals surface area contributed by atoms with Crippen LogP contribution < -0.4 is 14.8 Å². The quantitative estimate of drug-likeness (QED) is 0.621. The summed E-state index contributed by atoms with van der Waals surface area (Å²) in [5.41, 5.74) is 0. The summed E-state index contributed by atoms with van der Waals surface area (Å²) in [6, 6.07) is 7.86. The van der Waals surface area contributed by atoms with Crippen LogP contribution in [0.5, 0.6) is 11.5 Å². The van der Waals surface area contributed by atoms with Crippen molar-refractivity contribution in [1.29, 1.82) is 0 Å². The topological polar surface area (TPSA) is 78.3 Å². The van der Waals surface area contributed by atoms with E-state index in [4.69, 9.17) is 9.47 Å². The lowest BCUT2D eigenvalue weighted by Gasteiger charge is -2.22. The lowest BCUT2D eigenvalue weighted by Crippen LogP contribution is -2.37. The van der Waals surface area contributed by atoms with E-state index >= 15 is 0 Å². The van der Waals surface area contributed by atoms with E-state index in [2.05, 4.69) is 15.5 Å². The van der Waals surface area contributed by atoms with Crippen molar-refractivity contribution in [3.05, 3.63) is 30.1 Å². The number of thioether (sulfide) groups is 1. The van der Waals surface area contributed by atoms with Gasteiger partial charge in [0.1, 0.15) is 0 Å². The summed E-state index contributed by atoms with van der Waals surface area (Å²) in [5.74, 6) is 2.47. The van der Waals surface area contributed by atoms with E-state index in [1.54, 1.807) is 7.11 Å². The number of para-hydroxylation sites is 2. The van der Waals surface area contributed by atoms with Gasteiger partial charge in [-0.3, -0.25) is 4.79 Å². The number of carbonyl (C=O) groups is 1. The van der Waals surface area contributed by atoms with Gasteiger partial charge in [0.2, 0.25) is 5.91 Å². The Kier molecular flexibility index (Phi) is 7.80. The van der Waals surface area contributed by atoms with Gasteiger partial charge in [-0.2, -0.15) is 0 Å². The molecule has 29 heavy (non-hydrogen) atoms. The molecule has 1 heterocycles. The molecular formula is C21H30N4O3S. The molecule has 1 saturated carbocycles. The third-order valence-electron chi connectivity index (χ3n) is 5.10. The Labute approximate surface area is 176 Å². The van der Waals surface area contributed by atoms with E-state index in [1.807, 2.05) is 42.7 Å². The van der Waals surface area contributed by atoms with Gasteiger partial charge in [-0.25, -0.2) is 0 Å². The average Bonchev–Trinajstić information content (AvgIpc) is 3.16. The van der Waals surface area contributed by atoms with Gasteiger partial charge in [-0.05, 0) is 38.8 Å². The third-order valence-corrected chi connectivity index (χ3v) is 6.07. The first-order valence-corrected chi connectivity index (χ1v) is 11.3. The Balaban J connectivity index is 1.61. The zero-order valence-corrected chi connectivity index (χ0v) is 18.2. The van der Waals surface area contributed by atoms with Crippen LogP contribution in [0.4, 0.5) is 0 Å². The highest BCUT2D eigenvalue weighted by atomic mass is 32.2. The maximum absolute atomic E-state index is 12.3. The van der Waals surface area contributed by atoms with Gasteiger partial charge in [-0.1, -0.05) is 43.2 Å². The van der Waals surface area contributed by atoms with Crippen molar-refractivity contribution in [2.24, 2.45) is 0 Å². The zero-order valence-electron chi connectivity index (χ0n) is 17.4. The van der Waals surface area contributed by atoms with Crippen LogP contribution in [0, 0.1) is 0 Å². The number of nitrogens with one attached hydrogen (secondary N) is 1. The number of methoxy groups -OCH3 is 1. The Morgan fingerprint density at radius 1 is 1.24 bits per heavy atom. The van der Waals surface area contributed by atoms with Gasteiger partial charge < -0.3 is 19.4 Å². The summed E-state index contributed by atoms with van der Waals surface area (Å²) >= 11 is 1.42. The number of benzene rings is 1. The van der Waals surface area contributed by atoms with Crippen molar-refractivity contribution in [3.8, 4) is 11.5 Å². The van der Waals surface area contributed by atoms with Gasteiger partial charge in [0, 0.05) is 12.6 Å². The molecule has 1 aromatic carbocycles. The van der Waals surface area contributed by atoms with Crippen LogP contribution in [0.3, 0.4) is 0 Å². The van der Waals surface area contributed by atoms with Gasteiger partial charge in [-0.15, -0.1) is 10.2 Å². The first kappa shape index (κ1) is 21.5. The molecule has 1 fully saturated rings. The van der Waals surface area contributed by atoms with Crippen molar-refractivity contribution in [3.63, 3.8) is 0 Å². The smallest absolute Gasteiger partial charge is 0.230 e. The fourth-order valence-electron chi connectivity index (χ4n) is 3.61. The largest absolute Gasteiger partial charge is 0.493 e. The summed E-state index contributed by atoms with van der Waals surface area (Å²) < 4.78 is 13.4. The second kappa shape index (κ2) is 10.5. The standard InChI is InChI=1S/C21H30N4O3S/c1-4-25-20(15(2)28-18-13-9-8-12-17(18)27-3)23-24-21(25)29-14-19(26)22-16-10-6-5-7-11-16/h8-9,12-13,15-16H,4-7,10-11,14H2,1-3H3,(H,22,26). The number of nitrogens with zero attached hydrogens (tertiary/aromatic N) is 3. The summed E-state index contributed by atoms with van der Waals surface area (Å²) in [7, 11) is 1.62. The number of rotatable bonds is 9. The Hall–Kier alpha value is -2.22. The first-order chi connectivity index (χ1) is 14.1. The monoisotopic (exact) mass is 418 g/mol. The predicted octanol–water partition coefficient (Wildman–Crippen LogP) is 3.99. The van der Waals surface area contributed by atoms with E-state index in [9.17, 15) is 4.79 Å².